The van der Waals surface area contributed by atoms with Crippen LogP contribution in [0.1, 0.15) is 6.42 Å². The fourth-order valence-electron chi connectivity index (χ4n) is 0.553. The molecule has 0 aromatic carbocycles. The van der Waals surface area contributed by atoms with E-state index in [0.717, 1.165) is 12.8 Å². The van der Waals surface area contributed by atoms with Crippen molar-refractivity contribution in [2.24, 2.45) is 5.92 Å². The molecule has 8 heavy (non-hydrogen) atoms. The third kappa shape index (κ3) is 0.983. The molecule has 2 heteroatoms. The third-order valence-electron chi connectivity index (χ3n) is 1.14. The van der Waals surface area contributed by atoms with Crippen LogP contribution in [-0.4, -0.2) is 17.7 Å². The van der Waals surface area contributed by atoms with Crippen molar-refractivity contribution in [2.75, 3.05) is 0 Å². The van der Waals surface area contributed by atoms with Gasteiger partial charge in [-0.05, 0) is 6.42 Å². The van der Waals surface area contributed by atoms with Crippen molar-refractivity contribution in [3.8, 4) is 0 Å². The second kappa shape index (κ2) is 2.34. The number of hydrogen-bond donors (Lipinski definition) is 1. The number of aliphatic hydroxyl groups excluding tert-OH is 1. The van der Waals surface area contributed by atoms with Crippen LogP contribution in [0.25, 0.3) is 0 Å². The van der Waals surface area contributed by atoms with Crippen molar-refractivity contribution in [1.82, 2.24) is 4.67 Å². The topological polar surface area (TPSA) is 34.3 Å². The van der Waals surface area contributed by atoms with Gasteiger partial charge in [0.25, 0.3) is 6.21 Å². The van der Waals surface area contributed by atoms with Gasteiger partial charge in [-0.1, -0.05) is 16.8 Å². The van der Waals surface area contributed by atoms with Gasteiger partial charge in [-0.15, -0.1) is 0 Å². The zero-order valence-corrected chi connectivity index (χ0v) is 4.49. The smallest absolute Gasteiger partial charge is 0.447 e. The highest BCUT2D eigenvalue weighted by atomic mass is 16.2. The lowest BCUT2D eigenvalue weighted by molar-refractivity contribution is 0.578. The maximum Gasteiger partial charge on any atom is 0.447 e. The molecule has 1 aliphatic rings. The maximum atomic E-state index is 8.09. The molecule has 1 aliphatic carbocycles. The molecular formula is C6H8NO+. The molecule has 0 fully saturated rings. The van der Waals surface area contributed by atoms with Gasteiger partial charge in [-0.3, -0.25) is 0 Å². The van der Waals surface area contributed by atoms with Gasteiger partial charge < -0.3 is 5.11 Å². The number of aliphatic hydroxyl groups is 1. The average molecular weight is 110 g/mol. The maximum absolute atomic E-state index is 8.09. The van der Waals surface area contributed by atoms with Gasteiger partial charge in [0.1, 0.15) is 0 Å². The first kappa shape index (κ1) is 5.13. The molecule has 1 N–H and O–H groups in total. The van der Waals surface area contributed by atoms with Gasteiger partial charge in [0.2, 0.25) is 0 Å². The summed E-state index contributed by atoms with van der Waals surface area (Å²) in [7, 11) is 0. The van der Waals surface area contributed by atoms with E-state index in [9.17, 15) is 0 Å². The highest BCUT2D eigenvalue weighted by molar-refractivity contribution is 5.67. The lowest BCUT2D eigenvalue weighted by Gasteiger charge is -2.03. The van der Waals surface area contributed by atoms with Gasteiger partial charge in [-0.25, -0.2) is 0 Å². The van der Waals surface area contributed by atoms with Crippen LogP contribution in [0, 0.1) is 5.92 Å². The molecule has 1 atom stereocenters. The summed E-state index contributed by atoms with van der Waals surface area (Å²) in [6.45, 7) is 0. The molecule has 0 saturated carbocycles. The van der Waals surface area contributed by atoms with Crippen molar-refractivity contribution in [2.45, 2.75) is 6.42 Å². The first-order valence-corrected chi connectivity index (χ1v) is 2.59. The highest BCUT2D eigenvalue weighted by Gasteiger charge is 2.10. The number of allylic oxidation sites excluding steroid dienone is 2. The minimum Gasteiger partial charge on any atom is -0.453 e. The highest BCUT2D eigenvalue weighted by Crippen LogP contribution is 2.11. The largest absolute Gasteiger partial charge is 0.453 e. The zero-order chi connectivity index (χ0) is 5.82. The molecule has 0 heterocycles. The predicted molar refractivity (Wildman–Crippen MR) is 34.1 cm³/mol. The van der Waals surface area contributed by atoms with Crippen LogP contribution in [0.3, 0.4) is 0 Å². The Bertz CT molecular complexity index is 154. The Hall–Kier alpha value is -1.01. The second-order valence-electron chi connectivity index (χ2n) is 1.74. The molecule has 0 aromatic rings. The summed E-state index contributed by atoms with van der Waals surface area (Å²) in [4.78, 5) is 0. The van der Waals surface area contributed by atoms with E-state index in [1.54, 1.807) is 6.21 Å². The molecule has 1 unspecified atom stereocenters. The summed E-state index contributed by atoms with van der Waals surface area (Å²) in [6, 6.07) is 0. The Morgan fingerprint density at radius 2 is 2.50 bits per heavy atom. The van der Waals surface area contributed by atoms with E-state index in [1.807, 2.05) is 6.08 Å². The molecule has 0 aromatic heterocycles. The van der Waals surface area contributed by atoms with Crippen LogP contribution in [-0.2, 0) is 0 Å². The third-order valence-corrected chi connectivity index (χ3v) is 1.14. The van der Waals surface area contributed by atoms with Crippen LogP contribution >= 0.6 is 0 Å². The second-order valence-corrected chi connectivity index (χ2v) is 1.74. The molecule has 0 bridgehead atoms. The molecule has 0 saturated heterocycles. The molecule has 0 aliphatic heterocycles. The first-order chi connectivity index (χ1) is 3.93. The Balaban J connectivity index is 2.40. The van der Waals surface area contributed by atoms with Gasteiger partial charge in [0, 0.05) is 0 Å². The van der Waals surface area contributed by atoms with Gasteiger partial charge in [0.15, 0.2) is 0 Å². The monoisotopic (exact) mass is 110 g/mol. The predicted octanol–water partition coefficient (Wildman–Crippen LogP) is 0.287. The molecule has 0 spiro atoms. The van der Waals surface area contributed by atoms with Gasteiger partial charge in [-0.2, -0.15) is 0 Å². The lowest BCUT2D eigenvalue weighted by Crippen LogP contribution is -2.05. The fraction of sp³-hybridized carbons (Fsp3) is 0.333. The molecule has 0 amide bonds. The molecule has 2 nitrogen and oxygen atoms in total. The van der Waals surface area contributed by atoms with Crippen LogP contribution in [0.5, 0.6) is 0 Å². The Morgan fingerprint density at radius 3 is 2.88 bits per heavy atom. The number of hydrogen-bond acceptors (Lipinski definition) is 0. The number of rotatable bonds is 1. The van der Waals surface area contributed by atoms with E-state index >= 15 is 0 Å². The van der Waals surface area contributed by atoms with Crippen molar-refractivity contribution in [1.29, 1.82) is 0 Å². The number of nitrogens with zero attached hydrogens (tertiary/aromatic N) is 1. The summed E-state index contributed by atoms with van der Waals surface area (Å²) in [5.41, 5.74) is 0. The molecule has 0 radical (unpaired) electrons. The van der Waals surface area contributed by atoms with Crippen molar-refractivity contribution < 1.29 is 5.11 Å². The van der Waals surface area contributed by atoms with Crippen molar-refractivity contribution >= 4 is 12.6 Å². The van der Waals surface area contributed by atoms with Gasteiger partial charge in [0.05, 0.1) is 5.92 Å². The zero-order valence-electron chi connectivity index (χ0n) is 4.49. The Labute approximate surface area is 47.9 Å². The summed E-state index contributed by atoms with van der Waals surface area (Å²) >= 11 is 0. The SMILES string of the molecule is OC=[N+]=CC1C=CC1. The van der Waals surface area contributed by atoms with Crippen LogP contribution in [0.15, 0.2) is 12.2 Å². The summed E-state index contributed by atoms with van der Waals surface area (Å²) in [5, 5.41) is 8.09. The van der Waals surface area contributed by atoms with E-state index in [1.165, 1.54) is 0 Å². The van der Waals surface area contributed by atoms with E-state index in [-0.39, 0.29) is 0 Å². The van der Waals surface area contributed by atoms with Crippen LogP contribution < -0.4 is 4.67 Å². The minimum atomic E-state index is 0.471. The summed E-state index contributed by atoms with van der Waals surface area (Å²) in [6.07, 6.45) is 7.73. The van der Waals surface area contributed by atoms with E-state index in [2.05, 4.69) is 10.7 Å². The molecular weight excluding hydrogens is 102 g/mol. The van der Waals surface area contributed by atoms with E-state index < -0.39 is 0 Å². The van der Waals surface area contributed by atoms with Crippen molar-refractivity contribution in [3.63, 3.8) is 0 Å². The first-order valence-electron chi connectivity index (χ1n) is 2.59. The Morgan fingerprint density at radius 1 is 1.75 bits per heavy atom. The van der Waals surface area contributed by atoms with Crippen molar-refractivity contribution in [3.05, 3.63) is 12.2 Å². The average Bonchev–Trinajstić information content (AvgIpc) is 1.63. The molecule has 1 rings (SSSR count). The summed E-state index contributed by atoms with van der Waals surface area (Å²) in [5.74, 6) is 0.471. The van der Waals surface area contributed by atoms with Gasteiger partial charge >= 0.3 is 6.40 Å². The van der Waals surface area contributed by atoms with Crippen LogP contribution in [0.4, 0.5) is 0 Å². The fourth-order valence-corrected chi connectivity index (χ4v) is 0.553. The quantitative estimate of drug-likeness (QED) is 0.224. The normalized spacial score (nSPS) is 23.2. The summed E-state index contributed by atoms with van der Waals surface area (Å²) < 4.78 is 3.55. The van der Waals surface area contributed by atoms with Crippen LogP contribution in [0.2, 0.25) is 0 Å². The minimum absolute atomic E-state index is 0.471. The molecule has 42 valence electrons. The lowest BCUT2D eigenvalue weighted by atomic mass is 9.97. The van der Waals surface area contributed by atoms with E-state index in [0.29, 0.717) is 5.92 Å². The van der Waals surface area contributed by atoms with E-state index in [4.69, 9.17) is 5.11 Å². The Kier molecular flexibility index (Phi) is 1.50. The standard InChI is InChI=1S/C6H7NO/c8-5-7-4-6-2-1-3-6/h1-2,4-6H,3H2/p+1.